The summed E-state index contributed by atoms with van der Waals surface area (Å²) in [6.07, 6.45) is 37.5. The third kappa shape index (κ3) is 38.2. The molecular formula is C41H80NO7P. The molecule has 0 spiro atoms. The third-order valence-corrected chi connectivity index (χ3v) is 9.72. The van der Waals surface area contributed by atoms with Crippen molar-refractivity contribution in [1.82, 2.24) is 0 Å². The highest BCUT2D eigenvalue weighted by Gasteiger charge is 2.20. The number of phosphoric ester groups is 1. The molecule has 0 aromatic heterocycles. The van der Waals surface area contributed by atoms with Gasteiger partial charge >= 0.3 is 5.97 Å². The maximum Gasteiger partial charge on any atom is 0.306 e. The lowest BCUT2D eigenvalue weighted by atomic mass is 10.0. The number of likely N-dealkylation sites (N-methyl/N-ethyl adjacent to an activating group) is 1. The molecule has 0 radical (unpaired) electrons. The molecule has 0 aromatic carbocycles. The molecule has 8 nitrogen and oxygen atoms in total. The van der Waals surface area contributed by atoms with Crippen LogP contribution in [0.25, 0.3) is 0 Å². The van der Waals surface area contributed by atoms with Crippen molar-refractivity contribution in [1.29, 1.82) is 0 Å². The van der Waals surface area contributed by atoms with Crippen LogP contribution in [0.3, 0.4) is 0 Å². The number of nitrogens with zero attached hydrogens (tertiary/aromatic N) is 1. The Morgan fingerprint density at radius 2 is 1.10 bits per heavy atom. The van der Waals surface area contributed by atoms with Crippen molar-refractivity contribution in [2.24, 2.45) is 0 Å². The number of quaternary nitrogens is 1. The Morgan fingerprint density at radius 1 is 0.620 bits per heavy atom. The van der Waals surface area contributed by atoms with E-state index in [9.17, 15) is 14.3 Å². The molecule has 2 unspecified atom stereocenters. The quantitative estimate of drug-likeness (QED) is 0.0205. The van der Waals surface area contributed by atoms with E-state index in [-0.39, 0.29) is 25.8 Å². The van der Waals surface area contributed by atoms with Crippen molar-refractivity contribution in [2.45, 2.75) is 180 Å². The lowest BCUT2D eigenvalue weighted by Crippen LogP contribution is -2.37. The molecule has 0 aromatic rings. The lowest BCUT2D eigenvalue weighted by molar-refractivity contribution is -0.870. The number of ether oxygens (including phenoxy) is 2. The number of esters is 1. The number of allylic oxidation sites excluding steroid dienone is 4. The van der Waals surface area contributed by atoms with Gasteiger partial charge in [0.2, 0.25) is 0 Å². The van der Waals surface area contributed by atoms with Crippen molar-refractivity contribution in [3.05, 3.63) is 24.3 Å². The van der Waals surface area contributed by atoms with Gasteiger partial charge in [-0.05, 0) is 44.9 Å². The summed E-state index contributed by atoms with van der Waals surface area (Å²) in [5.74, 6) is -0.347. The van der Waals surface area contributed by atoms with E-state index >= 15 is 0 Å². The van der Waals surface area contributed by atoms with E-state index in [1.54, 1.807) is 0 Å². The molecule has 0 amide bonds. The molecular weight excluding hydrogens is 649 g/mol. The molecule has 2 atom stereocenters. The van der Waals surface area contributed by atoms with Crippen LogP contribution in [-0.2, 0) is 27.9 Å². The van der Waals surface area contributed by atoms with Crippen LogP contribution in [0.15, 0.2) is 24.3 Å². The number of phosphoric acid groups is 1. The fraction of sp³-hybridized carbons (Fsp3) is 0.878. The van der Waals surface area contributed by atoms with Gasteiger partial charge in [-0.15, -0.1) is 0 Å². The van der Waals surface area contributed by atoms with Crippen LogP contribution in [0.1, 0.15) is 174 Å². The van der Waals surface area contributed by atoms with Crippen LogP contribution >= 0.6 is 7.82 Å². The van der Waals surface area contributed by atoms with E-state index in [1.165, 1.54) is 96.3 Å². The summed E-state index contributed by atoms with van der Waals surface area (Å²) in [5, 5.41) is 0. The van der Waals surface area contributed by atoms with Crippen molar-refractivity contribution in [3.8, 4) is 0 Å². The average molecular weight is 730 g/mol. The predicted octanol–water partition coefficient (Wildman–Crippen LogP) is 11.0. The van der Waals surface area contributed by atoms with Crippen LogP contribution in [0, 0.1) is 0 Å². The Labute approximate surface area is 309 Å². The van der Waals surface area contributed by atoms with E-state index in [1.807, 2.05) is 21.1 Å². The highest BCUT2D eigenvalue weighted by molar-refractivity contribution is 7.45. The summed E-state index contributed by atoms with van der Waals surface area (Å²) < 4.78 is 34.5. The summed E-state index contributed by atoms with van der Waals surface area (Å²) in [6, 6.07) is 0. The minimum atomic E-state index is -4.52. The molecule has 50 heavy (non-hydrogen) atoms. The first-order chi connectivity index (χ1) is 24.1. The molecule has 0 bridgehead atoms. The Balaban J connectivity index is 4.29. The highest BCUT2D eigenvalue weighted by Crippen LogP contribution is 2.38. The summed E-state index contributed by atoms with van der Waals surface area (Å²) in [5.41, 5.74) is 0. The van der Waals surface area contributed by atoms with Crippen LogP contribution in [0.5, 0.6) is 0 Å². The third-order valence-electron chi connectivity index (χ3n) is 8.76. The summed E-state index contributed by atoms with van der Waals surface area (Å²) >= 11 is 0. The van der Waals surface area contributed by atoms with Gasteiger partial charge in [0.05, 0.1) is 34.4 Å². The molecule has 0 fully saturated rings. The van der Waals surface area contributed by atoms with Gasteiger partial charge in [-0.2, -0.15) is 0 Å². The molecule has 0 rings (SSSR count). The smallest absolute Gasteiger partial charge is 0.306 e. The second-order valence-corrected chi connectivity index (χ2v) is 16.4. The second kappa shape index (κ2) is 35.0. The Bertz CT molecular complexity index is 858. The first-order valence-corrected chi connectivity index (χ1v) is 22.0. The van der Waals surface area contributed by atoms with Gasteiger partial charge in [-0.25, -0.2) is 0 Å². The van der Waals surface area contributed by atoms with Gasteiger partial charge in [0.1, 0.15) is 19.3 Å². The number of carbonyl (C=O) groups excluding carboxylic acids is 1. The molecule has 9 heteroatoms. The van der Waals surface area contributed by atoms with Gasteiger partial charge in [-0.1, -0.05) is 147 Å². The van der Waals surface area contributed by atoms with Crippen molar-refractivity contribution in [2.75, 3.05) is 54.1 Å². The summed E-state index contributed by atoms with van der Waals surface area (Å²) in [7, 11) is 1.35. The van der Waals surface area contributed by atoms with Crippen molar-refractivity contribution >= 4 is 13.8 Å². The van der Waals surface area contributed by atoms with Crippen LogP contribution in [0.4, 0.5) is 0 Å². The van der Waals surface area contributed by atoms with Crippen molar-refractivity contribution < 1.29 is 37.3 Å². The number of unbranched alkanes of at least 4 members (excludes halogenated alkanes) is 20. The Morgan fingerprint density at radius 3 is 1.66 bits per heavy atom. The number of hydrogen-bond acceptors (Lipinski definition) is 7. The fourth-order valence-electron chi connectivity index (χ4n) is 5.52. The zero-order valence-corrected chi connectivity index (χ0v) is 34.2. The SMILES string of the molecule is CCCCC/C=C\C/C=C\CCCCCCCC(=O)OC(COCCCCCCCCCCCCCCC)COP(=O)([O-])OCC[N+](C)(C)C. The van der Waals surface area contributed by atoms with Gasteiger partial charge in [0.15, 0.2) is 0 Å². The monoisotopic (exact) mass is 730 g/mol. The first-order valence-electron chi connectivity index (χ1n) is 20.6. The molecule has 0 saturated carbocycles. The lowest BCUT2D eigenvalue weighted by Gasteiger charge is -2.28. The number of rotatable bonds is 38. The molecule has 0 N–H and O–H groups in total. The average Bonchev–Trinajstić information content (AvgIpc) is 3.06. The van der Waals surface area contributed by atoms with Crippen LogP contribution in [0.2, 0.25) is 0 Å². The van der Waals surface area contributed by atoms with Gasteiger partial charge in [-0.3, -0.25) is 9.36 Å². The Kier molecular flexibility index (Phi) is 34.3. The largest absolute Gasteiger partial charge is 0.756 e. The molecule has 0 heterocycles. The topological polar surface area (TPSA) is 94.1 Å². The van der Waals surface area contributed by atoms with Crippen molar-refractivity contribution in [3.63, 3.8) is 0 Å². The van der Waals surface area contributed by atoms with Crippen LogP contribution < -0.4 is 4.89 Å². The van der Waals surface area contributed by atoms with Crippen LogP contribution in [-0.4, -0.2) is 70.7 Å². The van der Waals surface area contributed by atoms with E-state index in [0.717, 1.165) is 57.8 Å². The van der Waals surface area contributed by atoms with E-state index in [4.69, 9.17) is 18.5 Å². The van der Waals surface area contributed by atoms with Gasteiger partial charge in [0.25, 0.3) is 7.82 Å². The predicted molar refractivity (Wildman–Crippen MR) is 208 cm³/mol. The molecule has 0 aliphatic rings. The summed E-state index contributed by atoms with van der Waals surface area (Å²) in [6.45, 7) is 5.38. The molecule has 0 aliphatic heterocycles. The van der Waals surface area contributed by atoms with Gasteiger partial charge in [0, 0.05) is 13.0 Å². The molecule has 0 saturated heterocycles. The second-order valence-electron chi connectivity index (χ2n) is 15.0. The minimum absolute atomic E-state index is 0.0249. The summed E-state index contributed by atoms with van der Waals surface area (Å²) in [4.78, 5) is 25.0. The fourth-order valence-corrected chi connectivity index (χ4v) is 6.25. The van der Waals surface area contributed by atoms with E-state index < -0.39 is 13.9 Å². The maximum atomic E-state index is 12.6. The van der Waals surface area contributed by atoms with Gasteiger partial charge < -0.3 is 27.9 Å². The number of carbonyl (C=O) groups is 1. The normalized spacial score (nSPS) is 14.1. The standard InChI is InChI=1S/C41H80NO7P/c1-6-8-10-12-14-16-18-20-21-22-24-26-28-30-32-34-41(43)49-40(39-48-50(44,45)47-37-35-42(3,4)5)38-46-36-33-31-29-27-25-23-19-17-15-13-11-9-7-2/h14,16,20-21,40H,6-13,15,17-19,22-39H2,1-5H3/b16-14-,21-20-. The zero-order valence-electron chi connectivity index (χ0n) is 33.4. The molecule has 0 aliphatic carbocycles. The van der Waals surface area contributed by atoms with E-state index in [0.29, 0.717) is 24.1 Å². The zero-order chi connectivity index (χ0) is 37.0. The first kappa shape index (κ1) is 49.0. The maximum absolute atomic E-state index is 12.6. The highest BCUT2D eigenvalue weighted by atomic mass is 31.2. The molecule has 296 valence electrons. The number of hydrogen-bond donors (Lipinski definition) is 0. The van der Waals surface area contributed by atoms with E-state index in [2.05, 4.69) is 38.2 Å². The minimum Gasteiger partial charge on any atom is -0.756 e. The Hall–Kier alpha value is -1.02.